The third-order valence-corrected chi connectivity index (χ3v) is 2.86. The van der Waals surface area contributed by atoms with E-state index in [9.17, 15) is 5.11 Å². The van der Waals surface area contributed by atoms with Crippen molar-refractivity contribution in [1.82, 2.24) is 5.32 Å². The quantitative estimate of drug-likeness (QED) is 0.719. The molecule has 0 radical (unpaired) electrons. The maximum Gasteiger partial charge on any atom is 0.119 e. The van der Waals surface area contributed by atoms with E-state index in [2.05, 4.69) is 25.2 Å². The van der Waals surface area contributed by atoms with E-state index in [0.29, 0.717) is 6.04 Å². The Labute approximate surface area is 115 Å². The summed E-state index contributed by atoms with van der Waals surface area (Å²) in [7, 11) is 1.56. The molecule has 1 aromatic carbocycles. The maximum atomic E-state index is 9.54. The maximum absolute atomic E-state index is 9.54. The topological polar surface area (TPSA) is 50.7 Å². The number of methoxy groups -OCH3 is 1. The minimum Gasteiger partial charge on any atom is -0.491 e. The van der Waals surface area contributed by atoms with Gasteiger partial charge in [0.05, 0.1) is 6.61 Å². The van der Waals surface area contributed by atoms with Gasteiger partial charge in [-0.2, -0.15) is 0 Å². The highest BCUT2D eigenvalue weighted by Crippen LogP contribution is 2.19. The zero-order chi connectivity index (χ0) is 14.1. The van der Waals surface area contributed by atoms with Crippen molar-refractivity contribution in [3.05, 3.63) is 29.8 Å². The Kier molecular flexibility index (Phi) is 7.48. The normalized spacial score (nSPS) is 14.1. The van der Waals surface area contributed by atoms with Crippen molar-refractivity contribution < 1.29 is 14.6 Å². The number of nitrogens with one attached hydrogen (secondary N) is 1. The zero-order valence-corrected chi connectivity index (χ0v) is 12.1. The molecule has 1 rings (SSSR count). The molecule has 2 N–H and O–H groups in total. The third-order valence-electron chi connectivity index (χ3n) is 2.86. The largest absolute Gasteiger partial charge is 0.491 e. The number of hydrogen-bond acceptors (Lipinski definition) is 4. The first-order valence-corrected chi connectivity index (χ1v) is 6.80. The van der Waals surface area contributed by atoms with Crippen LogP contribution in [0.4, 0.5) is 0 Å². The second-order valence-electron chi connectivity index (χ2n) is 4.67. The Morgan fingerprint density at radius 1 is 1.32 bits per heavy atom. The van der Waals surface area contributed by atoms with E-state index >= 15 is 0 Å². The molecule has 4 heteroatoms. The molecule has 0 amide bonds. The van der Waals surface area contributed by atoms with Gasteiger partial charge in [0.25, 0.3) is 0 Å². The fourth-order valence-corrected chi connectivity index (χ4v) is 1.79. The van der Waals surface area contributed by atoms with E-state index in [1.54, 1.807) is 7.11 Å². The Hall–Kier alpha value is -1.10. The van der Waals surface area contributed by atoms with E-state index in [4.69, 9.17) is 9.47 Å². The second kappa shape index (κ2) is 8.91. The fourth-order valence-electron chi connectivity index (χ4n) is 1.79. The Bertz CT molecular complexity index is 357. The molecular formula is C15H25NO3. The van der Waals surface area contributed by atoms with Crippen molar-refractivity contribution in [3.63, 3.8) is 0 Å². The molecule has 0 aliphatic rings. The van der Waals surface area contributed by atoms with Crippen LogP contribution in [0.1, 0.15) is 31.9 Å². The van der Waals surface area contributed by atoms with Crippen LogP contribution in [0.2, 0.25) is 0 Å². The van der Waals surface area contributed by atoms with E-state index in [-0.39, 0.29) is 13.2 Å². The highest BCUT2D eigenvalue weighted by atomic mass is 16.5. The van der Waals surface area contributed by atoms with Gasteiger partial charge in [-0.1, -0.05) is 19.1 Å². The molecule has 0 fully saturated rings. The molecule has 0 spiro atoms. The molecule has 0 aliphatic carbocycles. The number of aliphatic hydroxyl groups is 1. The van der Waals surface area contributed by atoms with Crippen LogP contribution in [-0.2, 0) is 4.74 Å². The highest BCUT2D eigenvalue weighted by Gasteiger charge is 2.07. The van der Waals surface area contributed by atoms with E-state index in [1.807, 2.05) is 18.2 Å². The molecular weight excluding hydrogens is 242 g/mol. The van der Waals surface area contributed by atoms with Gasteiger partial charge in [0.1, 0.15) is 18.5 Å². The Morgan fingerprint density at radius 3 is 2.79 bits per heavy atom. The van der Waals surface area contributed by atoms with E-state index in [0.717, 1.165) is 18.7 Å². The predicted molar refractivity (Wildman–Crippen MR) is 76.5 cm³/mol. The van der Waals surface area contributed by atoms with E-state index in [1.165, 1.54) is 5.56 Å². The first-order chi connectivity index (χ1) is 9.17. The number of hydrogen-bond donors (Lipinski definition) is 2. The fraction of sp³-hybridized carbons (Fsp3) is 0.600. The van der Waals surface area contributed by atoms with Crippen LogP contribution in [0, 0.1) is 0 Å². The summed E-state index contributed by atoms with van der Waals surface area (Å²) in [4.78, 5) is 0. The average Bonchev–Trinajstić information content (AvgIpc) is 2.43. The molecule has 0 saturated carbocycles. The summed E-state index contributed by atoms with van der Waals surface area (Å²) >= 11 is 0. The van der Waals surface area contributed by atoms with Gasteiger partial charge in [-0.3, -0.25) is 0 Å². The van der Waals surface area contributed by atoms with Gasteiger partial charge >= 0.3 is 0 Å². The summed E-state index contributed by atoms with van der Waals surface area (Å²) in [6.45, 7) is 5.81. The van der Waals surface area contributed by atoms with Crippen molar-refractivity contribution >= 4 is 0 Å². The summed E-state index contributed by atoms with van der Waals surface area (Å²) in [6.07, 6.45) is 0.522. The second-order valence-corrected chi connectivity index (χ2v) is 4.67. The van der Waals surface area contributed by atoms with Crippen LogP contribution in [0.5, 0.6) is 5.75 Å². The molecule has 2 atom stereocenters. The SMILES string of the molecule is CCCNC(C)c1cccc(OCC(O)COC)c1. The van der Waals surface area contributed by atoms with Gasteiger partial charge in [-0.15, -0.1) is 0 Å². The smallest absolute Gasteiger partial charge is 0.119 e. The van der Waals surface area contributed by atoms with Crippen LogP contribution < -0.4 is 10.1 Å². The van der Waals surface area contributed by atoms with Crippen molar-refractivity contribution in [2.45, 2.75) is 32.4 Å². The molecule has 0 aromatic heterocycles. The minimum absolute atomic E-state index is 0.244. The van der Waals surface area contributed by atoms with Crippen LogP contribution in [0.25, 0.3) is 0 Å². The van der Waals surface area contributed by atoms with E-state index < -0.39 is 6.10 Å². The molecule has 4 nitrogen and oxygen atoms in total. The molecule has 0 saturated heterocycles. The predicted octanol–water partition coefficient (Wildman–Crippen LogP) is 2.13. The van der Waals surface area contributed by atoms with Gasteiger partial charge in [0.2, 0.25) is 0 Å². The van der Waals surface area contributed by atoms with Crippen molar-refractivity contribution in [3.8, 4) is 5.75 Å². The lowest BCUT2D eigenvalue weighted by molar-refractivity contribution is 0.0325. The summed E-state index contributed by atoms with van der Waals surface area (Å²) < 4.78 is 10.4. The first-order valence-electron chi connectivity index (χ1n) is 6.80. The molecule has 108 valence electrons. The molecule has 2 unspecified atom stereocenters. The zero-order valence-electron chi connectivity index (χ0n) is 12.1. The van der Waals surface area contributed by atoms with Crippen molar-refractivity contribution in [2.75, 3.05) is 26.9 Å². The number of ether oxygens (including phenoxy) is 2. The van der Waals surface area contributed by atoms with Gasteiger partial charge < -0.3 is 19.9 Å². The molecule has 0 aliphatic heterocycles. The van der Waals surface area contributed by atoms with Crippen LogP contribution in [0.15, 0.2) is 24.3 Å². The van der Waals surface area contributed by atoms with Crippen LogP contribution in [0.3, 0.4) is 0 Å². The summed E-state index contributed by atoms with van der Waals surface area (Å²) in [5.74, 6) is 0.776. The highest BCUT2D eigenvalue weighted by molar-refractivity contribution is 5.30. The summed E-state index contributed by atoms with van der Waals surface area (Å²) in [6, 6.07) is 8.25. The Morgan fingerprint density at radius 2 is 2.11 bits per heavy atom. The van der Waals surface area contributed by atoms with Gasteiger partial charge in [-0.25, -0.2) is 0 Å². The lowest BCUT2D eigenvalue weighted by Gasteiger charge is -2.16. The van der Waals surface area contributed by atoms with Crippen LogP contribution in [-0.4, -0.2) is 38.1 Å². The molecule has 0 heterocycles. The number of benzene rings is 1. The lowest BCUT2D eigenvalue weighted by Crippen LogP contribution is -2.23. The van der Waals surface area contributed by atoms with Crippen molar-refractivity contribution in [1.29, 1.82) is 0 Å². The third kappa shape index (κ3) is 6.05. The number of aliphatic hydroxyl groups excluding tert-OH is 1. The van der Waals surface area contributed by atoms with Crippen molar-refractivity contribution in [2.24, 2.45) is 0 Å². The Balaban J connectivity index is 2.51. The monoisotopic (exact) mass is 267 g/mol. The summed E-state index contributed by atoms with van der Waals surface area (Å²) in [5.41, 5.74) is 1.19. The van der Waals surface area contributed by atoms with Gasteiger partial charge in [0.15, 0.2) is 0 Å². The molecule has 19 heavy (non-hydrogen) atoms. The van der Waals surface area contributed by atoms with Gasteiger partial charge in [-0.05, 0) is 37.6 Å². The average molecular weight is 267 g/mol. The standard InChI is InChI=1S/C15H25NO3/c1-4-8-16-12(2)13-6-5-7-15(9-13)19-11-14(17)10-18-3/h5-7,9,12,14,16-17H,4,8,10-11H2,1-3H3. The lowest BCUT2D eigenvalue weighted by atomic mass is 10.1. The molecule has 0 bridgehead atoms. The number of rotatable bonds is 9. The first kappa shape index (κ1) is 16.0. The molecule has 1 aromatic rings. The van der Waals surface area contributed by atoms with Gasteiger partial charge in [0, 0.05) is 13.2 Å². The van der Waals surface area contributed by atoms with Crippen LogP contribution >= 0.6 is 0 Å². The minimum atomic E-state index is -0.593. The summed E-state index contributed by atoms with van der Waals surface area (Å²) in [5, 5.41) is 13.0.